The van der Waals surface area contributed by atoms with Gasteiger partial charge in [0.25, 0.3) is 0 Å². The van der Waals surface area contributed by atoms with E-state index in [9.17, 15) is 0 Å². The van der Waals surface area contributed by atoms with Gasteiger partial charge in [0, 0.05) is 5.56 Å². The molecule has 4 aromatic rings. The molecule has 0 aliphatic heterocycles. The Hall–Kier alpha value is -2.65. The Morgan fingerprint density at radius 1 is 0.917 bits per heavy atom. The first-order chi connectivity index (χ1) is 11.8. The largest absolute Gasteiger partial charge is 0.489 e. The lowest BCUT2D eigenvalue weighted by Gasteiger charge is -2.10. The van der Waals surface area contributed by atoms with E-state index in [0.717, 1.165) is 27.4 Å². The van der Waals surface area contributed by atoms with Crippen LogP contribution in [-0.2, 0) is 6.61 Å². The lowest BCUT2D eigenvalue weighted by molar-refractivity contribution is 0.304. The lowest BCUT2D eigenvalue weighted by atomic mass is 10.1. The molecule has 0 spiro atoms. The first-order valence-electron chi connectivity index (χ1n) is 7.93. The van der Waals surface area contributed by atoms with Crippen molar-refractivity contribution >= 4 is 21.6 Å². The molecule has 3 aromatic carbocycles. The standard InChI is InChI=1S/C21H17NOS/c1-15-13-17(21-22-18-9-5-6-10-20(18)24-21)11-12-19(15)23-14-16-7-3-2-4-8-16/h2-13H,14H2,1H3. The van der Waals surface area contributed by atoms with E-state index in [1.807, 2.05) is 30.3 Å². The molecule has 0 aliphatic carbocycles. The van der Waals surface area contributed by atoms with E-state index in [0.29, 0.717) is 6.61 Å². The summed E-state index contributed by atoms with van der Waals surface area (Å²) >= 11 is 1.72. The Balaban J connectivity index is 1.57. The second-order valence-corrected chi connectivity index (χ2v) is 6.77. The van der Waals surface area contributed by atoms with E-state index >= 15 is 0 Å². The molecule has 4 rings (SSSR count). The van der Waals surface area contributed by atoms with Gasteiger partial charge in [-0.3, -0.25) is 0 Å². The van der Waals surface area contributed by atoms with Crippen LogP contribution in [0.25, 0.3) is 20.8 Å². The molecule has 2 nitrogen and oxygen atoms in total. The van der Waals surface area contributed by atoms with E-state index < -0.39 is 0 Å². The Morgan fingerprint density at radius 3 is 2.50 bits per heavy atom. The first-order valence-corrected chi connectivity index (χ1v) is 8.74. The summed E-state index contributed by atoms with van der Waals surface area (Å²) in [6, 6.07) is 24.7. The zero-order chi connectivity index (χ0) is 16.4. The second-order valence-electron chi connectivity index (χ2n) is 5.74. The van der Waals surface area contributed by atoms with Crippen LogP contribution < -0.4 is 4.74 Å². The van der Waals surface area contributed by atoms with Crippen LogP contribution >= 0.6 is 11.3 Å². The molecular weight excluding hydrogens is 314 g/mol. The van der Waals surface area contributed by atoms with E-state index in [2.05, 4.69) is 49.4 Å². The normalized spacial score (nSPS) is 10.9. The third kappa shape index (κ3) is 3.03. The van der Waals surface area contributed by atoms with Gasteiger partial charge in [-0.15, -0.1) is 11.3 Å². The number of hydrogen-bond acceptors (Lipinski definition) is 3. The van der Waals surface area contributed by atoms with Crippen molar-refractivity contribution in [2.75, 3.05) is 0 Å². The van der Waals surface area contributed by atoms with Gasteiger partial charge in [-0.05, 0) is 48.4 Å². The number of fused-ring (bicyclic) bond motifs is 1. The predicted octanol–water partition coefficient (Wildman–Crippen LogP) is 5.85. The number of benzene rings is 3. The van der Waals surface area contributed by atoms with Crippen LogP contribution in [0.3, 0.4) is 0 Å². The highest BCUT2D eigenvalue weighted by atomic mass is 32.1. The highest BCUT2D eigenvalue weighted by molar-refractivity contribution is 7.21. The zero-order valence-corrected chi connectivity index (χ0v) is 14.2. The molecule has 0 bridgehead atoms. The highest BCUT2D eigenvalue weighted by Gasteiger charge is 2.08. The van der Waals surface area contributed by atoms with Gasteiger partial charge in [0.2, 0.25) is 0 Å². The van der Waals surface area contributed by atoms with Crippen LogP contribution in [0.4, 0.5) is 0 Å². The van der Waals surface area contributed by atoms with Crippen molar-refractivity contribution in [1.29, 1.82) is 0 Å². The SMILES string of the molecule is Cc1cc(-c2nc3ccccc3s2)ccc1OCc1ccccc1. The van der Waals surface area contributed by atoms with Crippen LogP contribution in [-0.4, -0.2) is 4.98 Å². The molecule has 0 saturated heterocycles. The van der Waals surface area contributed by atoms with Gasteiger partial charge >= 0.3 is 0 Å². The average molecular weight is 331 g/mol. The van der Waals surface area contributed by atoms with Gasteiger partial charge in [0.15, 0.2) is 0 Å². The van der Waals surface area contributed by atoms with Crippen LogP contribution in [0.15, 0.2) is 72.8 Å². The van der Waals surface area contributed by atoms with E-state index in [1.54, 1.807) is 11.3 Å². The van der Waals surface area contributed by atoms with Gasteiger partial charge < -0.3 is 4.74 Å². The minimum absolute atomic E-state index is 0.585. The molecule has 0 atom stereocenters. The highest BCUT2D eigenvalue weighted by Crippen LogP contribution is 2.32. The topological polar surface area (TPSA) is 22.1 Å². The summed E-state index contributed by atoms with van der Waals surface area (Å²) in [6.45, 7) is 2.67. The summed E-state index contributed by atoms with van der Waals surface area (Å²) in [5.74, 6) is 0.920. The molecule has 1 aromatic heterocycles. The molecule has 0 unspecified atom stereocenters. The summed E-state index contributed by atoms with van der Waals surface area (Å²) in [5.41, 5.74) is 4.50. The Labute approximate surface area is 145 Å². The Kier molecular flexibility index (Phi) is 4.01. The quantitative estimate of drug-likeness (QED) is 0.468. The molecule has 0 fully saturated rings. The van der Waals surface area contributed by atoms with Crippen molar-refractivity contribution in [2.24, 2.45) is 0 Å². The smallest absolute Gasteiger partial charge is 0.124 e. The van der Waals surface area contributed by atoms with E-state index in [4.69, 9.17) is 9.72 Å². The third-order valence-electron chi connectivity index (χ3n) is 3.95. The molecule has 0 aliphatic rings. The molecular formula is C21H17NOS. The molecule has 118 valence electrons. The van der Waals surface area contributed by atoms with E-state index in [-0.39, 0.29) is 0 Å². The number of rotatable bonds is 4. The van der Waals surface area contributed by atoms with E-state index in [1.165, 1.54) is 10.3 Å². The third-order valence-corrected chi connectivity index (χ3v) is 5.04. The number of hydrogen-bond donors (Lipinski definition) is 0. The van der Waals surface area contributed by atoms with Crippen molar-refractivity contribution < 1.29 is 4.74 Å². The van der Waals surface area contributed by atoms with Crippen molar-refractivity contribution in [3.05, 3.63) is 83.9 Å². The fourth-order valence-corrected chi connectivity index (χ4v) is 3.64. The van der Waals surface area contributed by atoms with Gasteiger partial charge in [-0.1, -0.05) is 42.5 Å². The minimum Gasteiger partial charge on any atom is -0.489 e. The summed E-state index contributed by atoms with van der Waals surface area (Å²) in [6.07, 6.45) is 0. The summed E-state index contributed by atoms with van der Waals surface area (Å²) in [5, 5.41) is 1.05. The monoisotopic (exact) mass is 331 g/mol. The predicted molar refractivity (Wildman–Crippen MR) is 101 cm³/mol. The maximum absolute atomic E-state index is 5.96. The fourth-order valence-electron chi connectivity index (χ4n) is 2.68. The van der Waals surface area contributed by atoms with Crippen molar-refractivity contribution in [2.45, 2.75) is 13.5 Å². The molecule has 0 amide bonds. The molecule has 1 heterocycles. The maximum atomic E-state index is 5.96. The lowest BCUT2D eigenvalue weighted by Crippen LogP contribution is -1.96. The van der Waals surface area contributed by atoms with Crippen molar-refractivity contribution in [1.82, 2.24) is 4.98 Å². The van der Waals surface area contributed by atoms with Gasteiger partial charge in [0.05, 0.1) is 10.2 Å². The molecule has 24 heavy (non-hydrogen) atoms. The van der Waals surface area contributed by atoms with Crippen molar-refractivity contribution in [3.63, 3.8) is 0 Å². The first kappa shape index (κ1) is 14.9. The number of nitrogens with zero attached hydrogens (tertiary/aromatic N) is 1. The minimum atomic E-state index is 0.585. The number of ether oxygens (including phenoxy) is 1. The van der Waals surface area contributed by atoms with Gasteiger partial charge in [-0.2, -0.15) is 0 Å². The molecule has 0 radical (unpaired) electrons. The van der Waals surface area contributed by atoms with Gasteiger partial charge in [-0.25, -0.2) is 4.98 Å². The molecule has 0 saturated carbocycles. The summed E-state index contributed by atoms with van der Waals surface area (Å²) in [7, 11) is 0. The average Bonchev–Trinajstić information content (AvgIpc) is 3.06. The molecule has 0 N–H and O–H groups in total. The Bertz CT molecular complexity index is 942. The number of thiazole rings is 1. The maximum Gasteiger partial charge on any atom is 0.124 e. The number of para-hydroxylation sites is 1. The van der Waals surface area contributed by atoms with Crippen LogP contribution in [0, 0.1) is 6.92 Å². The van der Waals surface area contributed by atoms with Crippen LogP contribution in [0.5, 0.6) is 5.75 Å². The molecule has 3 heteroatoms. The Morgan fingerprint density at radius 2 is 1.71 bits per heavy atom. The van der Waals surface area contributed by atoms with Crippen LogP contribution in [0.2, 0.25) is 0 Å². The number of aromatic nitrogens is 1. The zero-order valence-electron chi connectivity index (χ0n) is 13.4. The summed E-state index contributed by atoms with van der Waals surface area (Å²) in [4.78, 5) is 4.73. The van der Waals surface area contributed by atoms with Gasteiger partial charge in [0.1, 0.15) is 17.4 Å². The number of aryl methyl sites for hydroxylation is 1. The van der Waals surface area contributed by atoms with Crippen molar-refractivity contribution in [3.8, 4) is 16.3 Å². The van der Waals surface area contributed by atoms with Crippen LogP contribution in [0.1, 0.15) is 11.1 Å². The fraction of sp³-hybridized carbons (Fsp3) is 0.0952. The summed E-state index contributed by atoms with van der Waals surface area (Å²) < 4.78 is 7.17. The second kappa shape index (κ2) is 6.46.